The first-order chi connectivity index (χ1) is 21.3. The number of hydrogen-bond donors (Lipinski definition) is 2. The molecule has 10 nitrogen and oxygen atoms in total. The van der Waals surface area contributed by atoms with Crippen molar-refractivity contribution in [1.29, 1.82) is 0 Å². The molecule has 47 heavy (non-hydrogen) atoms. The highest BCUT2D eigenvalue weighted by molar-refractivity contribution is 7.59. The Hall–Kier alpha value is -3.64. The minimum absolute atomic E-state index is 0. The summed E-state index contributed by atoms with van der Waals surface area (Å²) in [6.45, 7) is 12.7. The van der Waals surface area contributed by atoms with Gasteiger partial charge in [0.15, 0.2) is 0 Å². The predicted octanol–water partition coefficient (Wildman–Crippen LogP) is 8.06. The van der Waals surface area contributed by atoms with Gasteiger partial charge < -0.3 is 19.4 Å². The van der Waals surface area contributed by atoms with Gasteiger partial charge in [0.1, 0.15) is 22.9 Å². The van der Waals surface area contributed by atoms with Crippen LogP contribution in [0.4, 0.5) is 9.59 Å². The number of carbonyl (C=O) groups excluding carboxylic acids is 2. The molecule has 0 unspecified atom stereocenters. The van der Waals surface area contributed by atoms with Gasteiger partial charge in [-0.25, -0.2) is 19.6 Å². The number of rotatable bonds is 5. The van der Waals surface area contributed by atoms with Gasteiger partial charge in [-0.2, -0.15) is 27.0 Å². The fraction of sp³-hybridized carbons (Fsp3) is 0.486. The SMILES string of the molecule is CC(C)(C)OC(=O)N1CCC[C@H]1c1nc2ccc(C=CCc3ccc4nc([C@@H]5CCCN5C(=O)OC(C)(C)C)[nH]c4c3)cc2[nH]1.S.S. The number of nitrogens with one attached hydrogen (secondary N) is 2. The Morgan fingerprint density at radius 3 is 1.79 bits per heavy atom. The number of hydrogen-bond acceptors (Lipinski definition) is 6. The van der Waals surface area contributed by atoms with E-state index in [-0.39, 0.29) is 51.3 Å². The Morgan fingerprint density at radius 2 is 1.28 bits per heavy atom. The van der Waals surface area contributed by atoms with E-state index in [0.717, 1.165) is 76.9 Å². The number of carbonyl (C=O) groups is 2. The number of H-pyrrole nitrogens is 2. The molecule has 0 spiro atoms. The lowest BCUT2D eigenvalue weighted by Crippen LogP contribution is -2.36. The number of amides is 2. The normalized spacial score (nSPS) is 18.5. The molecule has 2 saturated heterocycles. The van der Waals surface area contributed by atoms with Crippen molar-refractivity contribution in [1.82, 2.24) is 29.7 Å². The maximum atomic E-state index is 12.8. The second kappa shape index (κ2) is 14.2. The van der Waals surface area contributed by atoms with Crippen LogP contribution in [0.1, 0.15) is 102 Å². The molecule has 0 bridgehead atoms. The Labute approximate surface area is 290 Å². The van der Waals surface area contributed by atoms with E-state index in [4.69, 9.17) is 19.4 Å². The van der Waals surface area contributed by atoms with Crippen molar-refractivity contribution >= 4 is 67.3 Å². The second-order valence-corrected chi connectivity index (χ2v) is 14.1. The monoisotopic (exact) mass is 680 g/mol. The van der Waals surface area contributed by atoms with Crippen LogP contribution in [-0.4, -0.2) is 66.2 Å². The van der Waals surface area contributed by atoms with Crippen LogP contribution in [0.15, 0.2) is 42.5 Å². The van der Waals surface area contributed by atoms with Crippen LogP contribution in [0.2, 0.25) is 0 Å². The highest BCUT2D eigenvalue weighted by Gasteiger charge is 2.36. The topological polar surface area (TPSA) is 116 Å². The molecule has 254 valence electrons. The average molecular weight is 681 g/mol. The zero-order chi connectivity index (χ0) is 31.9. The number of fused-ring (bicyclic) bond motifs is 2. The number of aromatic nitrogens is 4. The molecule has 2 amide bonds. The number of allylic oxidation sites excluding steroid dienone is 1. The maximum absolute atomic E-state index is 12.8. The van der Waals surface area contributed by atoms with Gasteiger partial charge in [-0.1, -0.05) is 24.3 Å². The predicted molar refractivity (Wildman–Crippen MR) is 196 cm³/mol. The fourth-order valence-electron chi connectivity index (χ4n) is 6.18. The molecule has 2 fully saturated rings. The van der Waals surface area contributed by atoms with E-state index in [0.29, 0.717) is 13.1 Å². The third-order valence-electron chi connectivity index (χ3n) is 8.15. The van der Waals surface area contributed by atoms with Gasteiger partial charge in [-0.3, -0.25) is 9.80 Å². The lowest BCUT2D eigenvalue weighted by atomic mass is 10.1. The van der Waals surface area contributed by atoms with Crippen molar-refractivity contribution in [3.8, 4) is 0 Å². The number of likely N-dealkylation sites (tertiary alicyclic amines) is 2. The average Bonchev–Trinajstić information content (AvgIpc) is 3.75. The van der Waals surface area contributed by atoms with Crippen LogP contribution in [0.3, 0.4) is 0 Å². The summed E-state index contributed by atoms with van der Waals surface area (Å²) in [5.74, 6) is 1.61. The van der Waals surface area contributed by atoms with Crippen molar-refractivity contribution in [3.63, 3.8) is 0 Å². The fourth-order valence-corrected chi connectivity index (χ4v) is 6.18. The lowest BCUT2D eigenvalue weighted by Gasteiger charge is -2.27. The molecule has 4 aromatic rings. The van der Waals surface area contributed by atoms with E-state index in [1.807, 2.05) is 53.7 Å². The van der Waals surface area contributed by atoms with Gasteiger partial charge in [-0.05, 0) is 109 Å². The smallest absolute Gasteiger partial charge is 0.410 e. The van der Waals surface area contributed by atoms with Gasteiger partial charge in [-0.15, -0.1) is 0 Å². The molecular weight excluding hydrogens is 633 g/mol. The van der Waals surface area contributed by atoms with Crippen molar-refractivity contribution in [3.05, 3.63) is 65.2 Å². The highest BCUT2D eigenvalue weighted by atomic mass is 32.1. The van der Waals surface area contributed by atoms with Crippen LogP contribution >= 0.6 is 27.0 Å². The molecule has 12 heteroatoms. The number of imidazole rings is 2. The summed E-state index contributed by atoms with van der Waals surface area (Å²) in [4.78, 5) is 45.7. The lowest BCUT2D eigenvalue weighted by molar-refractivity contribution is 0.0208. The van der Waals surface area contributed by atoms with E-state index in [1.165, 1.54) is 0 Å². The molecule has 0 radical (unpaired) electrons. The molecule has 6 rings (SSSR count). The van der Waals surface area contributed by atoms with Gasteiger partial charge in [0.05, 0.1) is 34.2 Å². The third-order valence-corrected chi connectivity index (χ3v) is 8.15. The summed E-state index contributed by atoms with van der Waals surface area (Å²) in [5.41, 5.74) is 4.85. The van der Waals surface area contributed by atoms with E-state index < -0.39 is 11.2 Å². The molecule has 4 heterocycles. The maximum Gasteiger partial charge on any atom is 0.410 e. The first-order valence-electron chi connectivity index (χ1n) is 16.0. The summed E-state index contributed by atoms with van der Waals surface area (Å²) in [6, 6.07) is 12.2. The quantitative estimate of drug-likeness (QED) is 0.220. The van der Waals surface area contributed by atoms with Crippen LogP contribution < -0.4 is 0 Å². The second-order valence-electron chi connectivity index (χ2n) is 14.1. The Balaban J connectivity index is 0.00000250. The minimum atomic E-state index is -0.535. The summed E-state index contributed by atoms with van der Waals surface area (Å²) >= 11 is 0. The number of benzene rings is 2. The van der Waals surface area contributed by atoms with Crippen molar-refractivity contribution < 1.29 is 19.1 Å². The van der Waals surface area contributed by atoms with E-state index >= 15 is 0 Å². The van der Waals surface area contributed by atoms with Crippen LogP contribution in [0.5, 0.6) is 0 Å². The number of aromatic amines is 2. The Kier molecular flexibility index (Phi) is 11.0. The van der Waals surface area contributed by atoms with Crippen LogP contribution in [0, 0.1) is 0 Å². The van der Waals surface area contributed by atoms with Gasteiger partial charge in [0, 0.05) is 13.1 Å². The van der Waals surface area contributed by atoms with Crippen LogP contribution in [-0.2, 0) is 15.9 Å². The number of ether oxygens (including phenoxy) is 2. The molecule has 0 saturated carbocycles. The van der Waals surface area contributed by atoms with Crippen molar-refractivity contribution in [2.45, 2.75) is 96.9 Å². The zero-order valence-electron chi connectivity index (χ0n) is 28.1. The molecule has 2 aliphatic rings. The Bertz CT molecular complexity index is 1750. The molecule has 2 aromatic carbocycles. The summed E-state index contributed by atoms with van der Waals surface area (Å²) in [6.07, 6.45) is 8.01. The first-order valence-corrected chi connectivity index (χ1v) is 16.0. The molecule has 2 aliphatic heterocycles. The standard InChI is InChI=1S/C35H44N6O4.2H2S/c1-34(2,3)44-32(42)40-18-8-12-28(40)30-36-24-16-14-22(20-26(24)38-30)10-7-11-23-15-17-25-27(21-23)39-31(37-25)29-13-9-19-41(29)33(43)45-35(4,5)6;;/h7,10,14-17,20-21,28-29H,8-9,11-13,18-19H2,1-6H3,(H,36,38)(H,37,39);2*1H2/t28-,29-;;/m0../s1. The van der Waals surface area contributed by atoms with E-state index in [2.05, 4.69) is 46.4 Å². The van der Waals surface area contributed by atoms with Crippen LogP contribution in [0.25, 0.3) is 28.1 Å². The van der Waals surface area contributed by atoms with E-state index in [9.17, 15) is 9.59 Å². The largest absolute Gasteiger partial charge is 0.444 e. The van der Waals surface area contributed by atoms with E-state index in [1.54, 1.807) is 9.80 Å². The number of nitrogens with zero attached hydrogens (tertiary/aromatic N) is 4. The molecule has 0 aliphatic carbocycles. The molecule has 2 N–H and O–H groups in total. The highest BCUT2D eigenvalue weighted by Crippen LogP contribution is 2.34. The third kappa shape index (κ3) is 8.45. The molecular formula is C35H48N6O4S2. The van der Waals surface area contributed by atoms with Gasteiger partial charge in [0.25, 0.3) is 0 Å². The Morgan fingerprint density at radius 1 is 0.787 bits per heavy atom. The molecule has 2 aromatic heterocycles. The van der Waals surface area contributed by atoms with Gasteiger partial charge >= 0.3 is 12.2 Å². The van der Waals surface area contributed by atoms with Gasteiger partial charge in [0.2, 0.25) is 0 Å². The summed E-state index contributed by atoms with van der Waals surface area (Å²) in [7, 11) is 0. The summed E-state index contributed by atoms with van der Waals surface area (Å²) < 4.78 is 11.3. The van der Waals surface area contributed by atoms with Crippen molar-refractivity contribution in [2.75, 3.05) is 13.1 Å². The first kappa shape index (κ1) is 36.2. The summed E-state index contributed by atoms with van der Waals surface area (Å²) in [5, 5.41) is 0. The molecule has 2 atom stereocenters. The van der Waals surface area contributed by atoms with Crippen molar-refractivity contribution in [2.24, 2.45) is 0 Å². The minimum Gasteiger partial charge on any atom is -0.444 e. The zero-order valence-corrected chi connectivity index (χ0v) is 30.1.